The summed E-state index contributed by atoms with van der Waals surface area (Å²) in [6.07, 6.45) is 0.829. The minimum absolute atomic E-state index is 0.309. The minimum atomic E-state index is -1.07. The number of carbonyl (C=O) groups excluding carboxylic acids is 1. The molecule has 1 aromatic heterocycles. The number of amides is 1. The fraction of sp³-hybridized carbons (Fsp3) is 0.421. The zero-order valence-electron chi connectivity index (χ0n) is 14.8. The third kappa shape index (κ3) is 6.06. The molecule has 134 valence electrons. The highest BCUT2D eigenvalue weighted by Gasteiger charge is 2.23. The van der Waals surface area contributed by atoms with Crippen molar-refractivity contribution in [1.82, 2.24) is 10.3 Å². The molecule has 2 aromatic rings. The molecule has 1 atom stereocenters. The molecule has 0 aliphatic heterocycles. The molecule has 0 fully saturated rings. The second-order valence-electron chi connectivity index (χ2n) is 6.92. The summed E-state index contributed by atoms with van der Waals surface area (Å²) in [6, 6.07) is 10.8. The van der Waals surface area contributed by atoms with Crippen LogP contribution in [0.4, 0.5) is 4.79 Å². The first-order valence-electron chi connectivity index (χ1n) is 8.31. The lowest BCUT2D eigenvalue weighted by Crippen LogP contribution is -2.43. The molecule has 6 heteroatoms. The van der Waals surface area contributed by atoms with Crippen molar-refractivity contribution in [3.05, 3.63) is 42.1 Å². The molecular formula is C19H24N2O4. The van der Waals surface area contributed by atoms with E-state index in [2.05, 4.69) is 10.3 Å². The van der Waals surface area contributed by atoms with Crippen LogP contribution in [0.2, 0.25) is 0 Å². The number of pyridine rings is 1. The molecule has 1 amide bonds. The van der Waals surface area contributed by atoms with Crippen molar-refractivity contribution in [2.75, 3.05) is 0 Å². The average Bonchev–Trinajstić information content (AvgIpc) is 2.52. The summed E-state index contributed by atoms with van der Waals surface area (Å²) >= 11 is 0. The Morgan fingerprint density at radius 1 is 1.20 bits per heavy atom. The molecular weight excluding hydrogens is 320 g/mol. The van der Waals surface area contributed by atoms with Gasteiger partial charge in [0.1, 0.15) is 11.6 Å². The lowest BCUT2D eigenvalue weighted by molar-refractivity contribution is -0.139. The van der Waals surface area contributed by atoms with Crippen LogP contribution in [0.15, 0.2) is 36.4 Å². The van der Waals surface area contributed by atoms with E-state index in [1.807, 2.05) is 36.4 Å². The number of rotatable bonds is 6. The Hall–Kier alpha value is -2.63. The van der Waals surface area contributed by atoms with Crippen LogP contribution in [0.25, 0.3) is 10.9 Å². The van der Waals surface area contributed by atoms with Gasteiger partial charge in [0.05, 0.1) is 5.52 Å². The fourth-order valence-electron chi connectivity index (χ4n) is 2.44. The number of fused-ring (bicyclic) bond motifs is 1. The number of benzene rings is 1. The molecule has 0 bridgehead atoms. The first-order valence-corrected chi connectivity index (χ1v) is 8.31. The van der Waals surface area contributed by atoms with E-state index in [0.29, 0.717) is 19.3 Å². The van der Waals surface area contributed by atoms with E-state index in [0.717, 1.165) is 16.6 Å². The summed E-state index contributed by atoms with van der Waals surface area (Å²) in [5, 5.41) is 12.8. The second-order valence-corrected chi connectivity index (χ2v) is 6.92. The summed E-state index contributed by atoms with van der Waals surface area (Å²) in [6.45, 7) is 5.19. The number of hydrogen-bond donors (Lipinski definition) is 2. The average molecular weight is 344 g/mol. The van der Waals surface area contributed by atoms with E-state index in [9.17, 15) is 14.7 Å². The van der Waals surface area contributed by atoms with Crippen LogP contribution in [-0.2, 0) is 16.0 Å². The number of carboxylic acid groups (broad SMARTS) is 1. The molecule has 25 heavy (non-hydrogen) atoms. The molecule has 1 unspecified atom stereocenters. The number of carboxylic acids is 1. The molecule has 6 nitrogen and oxygen atoms in total. The van der Waals surface area contributed by atoms with Gasteiger partial charge in [0, 0.05) is 11.1 Å². The van der Waals surface area contributed by atoms with Gasteiger partial charge in [-0.2, -0.15) is 0 Å². The molecule has 0 saturated carbocycles. The number of nitrogens with zero attached hydrogens (tertiary/aromatic N) is 1. The van der Waals surface area contributed by atoms with Crippen LogP contribution >= 0.6 is 0 Å². The lowest BCUT2D eigenvalue weighted by Gasteiger charge is -2.22. The Balaban J connectivity index is 1.89. The van der Waals surface area contributed by atoms with E-state index < -0.39 is 23.7 Å². The number of nitrogens with one attached hydrogen (secondary N) is 1. The summed E-state index contributed by atoms with van der Waals surface area (Å²) in [5.74, 6) is -1.07. The molecule has 0 aliphatic rings. The Bertz CT molecular complexity index is 752. The zero-order chi connectivity index (χ0) is 18.4. The highest BCUT2D eigenvalue weighted by atomic mass is 16.6. The third-order valence-electron chi connectivity index (χ3n) is 3.57. The molecule has 0 saturated heterocycles. The maximum atomic E-state index is 11.7. The molecule has 0 radical (unpaired) electrons. The van der Waals surface area contributed by atoms with Crippen LogP contribution in [0.3, 0.4) is 0 Å². The van der Waals surface area contributed by atoms with Gasteiger partial charge in [-0.05, 0) is 52.2 Å². The quantitative estimate of drug-likeness (QED) is 0.837. The van der Waals surface area contributed by atoms with Gasteiger partial charge in [-0.15, -0.1) is 0 Å². The monoisotopic (exact) mass is 344 g/mol. The number of aliphatic carboxylic acids is 1. The number of carbonyl (C=O) groups is 2. The Morgan fingerprint density at radius 2 is 1.92 bits per heavy atom. The third-order valence-corrected chi connectivity index (χ3v) is 3.57. The maximum absolute atomic E-state index is 11.7. The first kappa shape index (κ1) is 18.7. The van der Waals surface area contributed by atoms with E-state index in [1.165, 1.54) is 0 Å². The number of aryl methyl sites for hydroxylation is 1. The molecule has 1 heterocycles. The molecule has 2 rings (SSSR count). The van der Waals surface area contributed by atoms with E-state index >= 15 is 0 Å². The molecule has 0 spiro atoms. The molecule has 2 N–H and O–H groups in total. The molecule has 0 aliphatic carbocycles. The Kier molecular flexibility index (Phi) is 5.96. The highest BCUT2D eigenvalue weighted by molar-refractivity contribution is 5.80. The number of hydrogen-bond acceptors (Lipinski definition) is 4. The number of para-hydroxylation sites is 1. The van der Waals surface area contributed by atoms with Crippen molar-refractivity contribution in [1.29, 1.82) is 0 Å². The lowest BCUT2D eigenvalue weighted by atomic mass is 10.1. The smallest absolute Gasteiger partial charge is 0.408 e. The van der Waals surface area contributed by atoms with Crippen molar-refractivity contribution in [2.24, 2.45) is 0 Å². The normalized spacial score (nSPS) is 12.6. The van der Waals surface area contributed by atoms with Gasteiger partial charge in [-0.25, -0.2) is 9.59 Å². The second kappa shape index (κ2) is 7.96. The summed E-state index contributed by atoms with van der Waals surface area (Å²) in [5.41, 5.74) is 1.16. The van der Waals surface area contributed by atoms with Crippen LogP contribution in [-0.4, -0.2) is 33.8 Å². The number of aromatic nitrogens is 1. The zero-order valence-corrected chi connectivity index (χ0v) is 14.8. The van der Waals surface area contributed by atoms with Gasteiger partial charge in [-0.3, -0.25) is 4.98 Å². The topological polar surface area (TPSA) is 88.5 Å². The van der Waals surface area contributed by atoms with E-state index in [1.54, 1.807) is 20.8 Å². The first-order chi connectivity index (χ1) is 11.7. The van der Waals surface area contributed by atoms with E-state index in [4.69, 9.17) is 4.74 Å². The number of alkyl carbamates (subject to hydrolysis) is 1. The van der Waals surface area contributed by atoms with Crippen molar-refractivity contribution < 1.29 is 19.4 Å². The van der Waals surface area contributed by atoms with Gasteiger partial charge in [0.15, 0.2) is 0 Å². The summed E-state index contributed by atoms with van der Waals surface area (Å²) in [7, 11) is 0. The standard InChI is InChI=1S/C19H24N2O4/c1-19(2,3)25-18(24)21-16(17(22)23)10-6-8-14-12-11-13-7-4-5-9-15(13)20-14/h4-5,7,9,11-12,16H,6,8,10H2,1-3H3,(H,21,24)(H,22,23). The fourth-order valence-corrected chi connectivity index (χ4v) is 2.44. The Morgan fingerprint density at radius 3 is 2.60 bits per heavy atom. The van der Waals surface area contributed by atoms with Crippen LogP contribution in [0.5, 0.6) is 0 Å². The van der Waals surface area contributed by atoms with Gasteiger partial charge < -0.3 is 15.2 Å². The van der Waals surface area contributed by atoms with Gasteiger partial charge in [0.2, 0.25) is 0 Å². The van der Waals surface area contributed by atoms with Crippen molar-refractivity contribution in [3.8, 4) is 0 Å². The molecule has 1 aromatic carbocycles. The van der Waals surface area contributed by atoms with Crippen LogP contribution < -0.4 is 5.32 Å². The van der Waals surface area contributed by atoms with Gasteiger partial charge in [0.25, 0.3) is 0 Å². The minimum Gasteiger partial charge on any atom is -0.480 e. The van der Waals surface area contributed by atoms with E-state index in [-0.39, 0.29) is 0 Å². The highest BCUT2D eigenvalue weighted by Crippen LogP contribution is 2.14. The van der Waals surface area contributed by atoms with Gasteiger partial charge >= 0.3 is 12.1 Å². The Labute approximate surface area is 147 Å². The van der Waals surface area contributed by atoms with Crippen molar-refractivity contribution >= 4 is 23.0 Å². The number of ether oxygens (including phenoxy) is 1. The predicted octanol–water partition coefficient (Wildman–Crippen LogP) is 3.54. The summed E-state index contributed by atoms with van der Waals surface area (Å²) < 4.78 is 5.11. The van der Waals surface area contributed by atoms with Crippen molar-refractivity contribution in [3.63, 3.8) is 0 Å². The predicted molar refractivity (Wildman–Crippen MR) is 95.5 cm³/mol. The van der Waals surface area contributed by atoms with Gasteiger partial charge in [-0.1, -0.05) is 24.3 Å². The maximum Gasteiger partial charge on any atom is 0.408 e. The SMILES string of the molecule is CC(C)(C)OC(=O)NC(CCCc1ccc2ccccc2n1)C(=O)O. The van der Waals surface area contributed by atoms with Crippen LogP contribution in [0.1, 0.15) is 39.3 Å². The summed E-state index contributed by atoms with van der Waals surface area (Å²) in [4.78, 5) is 27.6. The largest absolute Gasteiger partial charge is 0.480 e. The van der Waals surface area contributed by atoms with Crippen LogP contribution in [0, 0.1) is 0 Å². The van der Waals surface area contributed by atoms with Crippen molar-refractivity contribution in [2.45, 2.75) is 51.7 Å².